The van der Waals surface area contributed by atoms with Crippen molar-refractivity contribution in [2.24, 2.45) is 0 Å². The number of fused-ring (bicyclic) bond motifs is 1. The number of ether oxygens (including phenoxy) is 7. The van der Waals surface area contributed by atoms with Gasteiger partial charge in [0.15, 0.2) is 17.9 Å². The maximum Gasteiger partial charge on any atom is 0.338 e. The third kappa shape index (κ3) is 10.5. The Morgan fingerprint density at radius 1 is 0.820 bits per heavy atom. The molecule has 0 amide bonds. The van der Waals surface area contributed by atoms with Crippen LogP contribution < -0.4 is 0 Å². The molecule has 3 heterocycles. The van der Waals surface area contributed by atoms with Gasteiger partial charge in [0.05, 0.1) is 41.9 Å². The van der Waals surface area contributed by atoms with Crippen molar-refractivity contribution in [2.75, 3.05) is 13.2 Å². The smallest absolute Gasteiger partial charge is 0.338 e. The molecule has 2 spiro atoms. The summed E-state index contributed by atoms with van der Waals surface area (Å²) in [6.45, 7) is 12.7. The number of aliphatic hydroxyl groups excluding tert-OH is 2. The number of alkyl halides is 2. The number of esters is 1. The summed E-state index contributed by atoms with van der Waals surface area (Å²) in [5, 5.41) is 20.9. The molecular formula is C38H54BrIO10. The fourth-order valence-electron chi connectivity index (χ4n) is 7.08. The quantitative estimate of drug-likeness (QED) is 0.185. The van der Waals surface area contributed by atoms with Gasteiger partial charge >= 0.3 is 5.97 Å². The summed E-state index contributed by atoms with van der Waals surface area (Å²) in [6.07, 6.45) is -0.521. The van der Waals surface area contributed by atoms with Crippen molar-refractivity contribution < 1.29 is 48.2 Å². The molecule has 2 N–H and O–H groups in total. The van der Waals surface area contributed by atoms with Gasteiger partial charge in [-0.25, -0.2) is 4.79 Å². The van der Waals surface area contributed by atoms with Gasteiger partial charge in [0.25, 0.3) is 0 Å². The second kappa shape index (κ2) is 16.9. The normalized spacial score (nSPS) is 36.4. The lowest BCUT2D eigenvalue weighted by Crippen LogP contribution is -2.53. The first kappa shape index (κ1) is 41.6. The van der Waals surface area contributed by atoms with Crippen LogP contribution in [0.1, 0.15) is 96.9 Å². The van der Waals surface area contributed by atoms with Crippen LogP contribution in [0.3, 0.4) is 0 Å². The number of rotatable bonds is 3. The molecule has 3 saturated heterocycles. The first-order chi connectivity index (χ1) is 23.0. The van der Waals surface area contributed by atoms with E-state index in [0.717, 1.165) is 9.49 Å². The molecule has 2 aromatic carbocycles. The summed E-state index contributed by atoms with van der Waals surface area (Å²) < 4.78 is 41.9. The fourth-order valence-corrected chi connectivity index (χ4v) is 7.56. The summed E-state index contributed by atoms with van der Waals surface area (Å²) >= 11 is 5.80. The Morgan fingerprint density at radius 3 is 1.84 bits per heavy atom. The lowest BCUT2D eigenvalue weighted by molar-refractivity contribution is -0.188. The van der Waals surface area contributed by atoms with E-state index in [1.807, 2.05) is 64.1 Å². The first-order valence-electron chi connectivity index (χ1n) is 16.9. The number of halogens is 2. The van der Waals surface area contributed by atoms with Crippen molar-refractivity contribution >= 4 is 44.5 Å². The molecule has 0 bridgehead atoms. The van der Waals surface area contributed by atoms with Crippen LogP contribution in [0.25, 0.3) is 0 Å². The third-order valence-electron chi connectivity index (χ3n) is 8.99. The van der Waals surface area contributed by atoms with Crippen LogP contribution >= 0.6 is 38.5 Å². The molecule has 9 atom stereocenters. The van der Waals surface area contributed by atoms with E-state index in [1.54, 1.807) is 24.3 Å². The van der Waals surface area contributed by atoms with Crippen molar-refractivity contribution in [3.8, 4) is 0 Å². The second-order valence-electron chi connectivity index (χ2n) is 14.7. The van der Waals surface area contributed by atoms with Crippen molar-refractivity contribution in [3.05, 3.63) is 71.8 Å². The van der Waals surface area contributed by atoms with Gasteiger partial charge in [-0.3, -0.25) is 0 Å². The van der Waals surface area contributed by atoms with E-state index in [9.17, 15) is 15.0 Å². The minimum Gasteiger partial charge on any atom is -0.457 e. The minimum atomic E-state index is -0.688. The maximum atomic E-state index is 12.3. The van der Waals surface area contributed by atoms with Crippen molar-refractivity contribution in [3.63, 3.8) is 0 Å². The van der Waals surface area contributed by atoms with Crippen LogP contribution in [-0.2, 0) is 33.2 Å². The van der Waals surface area contributed by atoms with E-state index in [2.05, 4.69) is 52.4 Å². The first-order valence-corrected chi connectivity index (χ1v) is 19.1. The summed E-state index contributed by atoms with van der Waals surface area (Å²) in [7, 11) is 0. The minimum absolute atomic E-state index is 0. The molecule has 1 unspecified atom stereocenters. The Hall–Kier alpha value is -1.20. The average molecular weight is 878 g/mol. The van der Waals surface area contributed by atoms with E-state index < -0.39 is 53.3 Å². The Labute approximate surface area is 319 Å². The van der Waals surface area contributed by atoms with Crippen LogP contribution in [0, 0.1) is 0 Å². The van der Waals surface area contributed by atoms with E-state index in [1.165, 1.54) is 0 Å². The number of carbonyl (C=O) groups is 1. The van der Waals surface area contributed by atoms with Crippen molar-refractivity contribution in [1.29, 1.82) is 0 Å². The number of benzene rings is 2. The van der Waals surface area contributed by atoms with Gasteiger partial charge in [0, 0.05) is 35.2 Å². The predicted molar refractivity (Wildman–Crippen MR) is 201 cm³/mol. The molecule has 5 fully saturated rings. The molecule has 12 heteroatoms. The zero-order valence-corrected chi connectivity index (χ0v) is 32.8. The number of carbonyl (C=O) groups excluding carboxylic acids is 1. The SMILES string of the molecule is C.CC(C)I.CC1(C)OC[C@]2(C[C@@H](O)[C@@H](Br)[C@H](OC(=O)c3ccccc3)C2)O1.CC1(C)OC[C@]2(C[C@@H](O)[C@H]3OC(c4ccccc4)O[C@@H]3C2)O1. The Morgan fingerprint density at radius 2 is 1.32 bits per heavy atom. The van der Waals surface area contributed by atoms with Gasteiger partial charge in [-0.2, -0.15) is 0 Å². The number of aliphatic hydroxyl groups is 2. The molecule has 50 heavy (non-hydrogen) atoms. The maximum absolute atomic E-state index is 12.3. The van der Waals surface area contributed by atoms with E-state index in [4.69, 9.17) is 33.2 Å². The average Bonchev–Trinajstić information content (AvgIpc) is 3.69. The standard InChI is InChI=1S/C17H21BrO5.C17H22O5.C3H7I.CH4/c1-16(2)21-10-17(23-16)8-12(19)14(18)13(9-17)22-15(20)11-6-4-3-5-7-11;1-16(2)19-10-17(22-16)8-12(18)14-13(9-17)20-15(21-14)11-6-4-3-5-7-11;1-3(2)4;/h3-7,12-14,19H,8-10H2,1-2H3;3-7,12-15,18H,8-10H2,1-2H3;3H,1-2H3;1H4/t12-,13-,14-,17-;12-,13-,14-,15?,17-;;/m11../s1. The van der Waals surface area contributed by atoms with Crippen LogP contribution in [0.2, 0.25) is 0 Å². The molecule has 7 rings (SSSR count). The summed E-state index contributed by atoms with van der Waals surface area (Å²) in [6, 6.07) is 18.7. The summed E-state index contributed by atoms with van der Waals surface area (Å²) in [5.41, 5.74) is 0.376. The Bertz CT molecular complexity index is 1380. The largest absolute Gasteiger partial charge is 0.457 e. The van der Waals surface area contributed by atoms with Gasteiger partial charge in [0.2, 0.25) is 0 Å². The molecule has 10 nitrogen and oxygen atoms in total. The highest BCUT2D eigenvalue weighted by atomic mass is 127. The highest BCUT2D eigenvalue weighted by Crippen LogP contribution is 2.48. The van der Waals surface area contributed by atoms with Crippen molar-refractivity contribution in [2.45, 2.75) is 143 Å². The molecule has 0 aromatic heterocycles. The number of hydrogen-bond donors (Lipinski definition) is 2. The second-order valence-corrected chi connectivity index (χ2v) is 18.2. The summed E-state index contributed by atoms with van der Waals surface area (Å²) in [5.74, 6) is -1.69. The fraction of sp³-hybridized carbons (Fsp3) is 0.658. The molecule has 2 saturated carbocycles. The Balaban J connectivity index is 0.000000200. The van der Waals surface area contributed by atoms with E-state index in [0.29, 0.717) is 44.5 Å². The summed E-state index contributed by atoms with van der Waals surface area (Å²) in [4.78, 5) is 12.0. The third-order valence-corrected chi connectivity index (χ3v) is 10.2. The highest BCUT2D eigenvalue weighted by Gasteiger charge is 2.57. The zero-order chi connectivity index (χ0) is 35.6. The van der Waals surface area contributed by atoms with Crippen molar-refractivity contribution in [1.82, 2.24) is 0 Å². The predicted octanol–water partition coefficient (Wildman–Crippen LogP) is 7.26. The monoisotopic (exact) mass is 876 g/mol. The molecule has 5 aliphatic rings. The number of hydrogen-bond acceptors (Lipinski definition) is 10. The van der Waals surface area contributed by atoms with Crippen LogP contribution in [0.15, 0.2) is 60.7 Å². The lowest BCUT2D eigenvalue weighted by Gasteiger charge is -2.42. The van der Waals surface area contributed by atoms with Crippen LogP contribution in [0.4, 0.5) is 0 Å². The molecule has 2 aromatic rings. The molecule has 280 valence electrons. The highest BCUT2D eigenvalue weighted by molar-refractivity contribution is 14.1. The van der Waals surface area contributed by atoms with Gasteiger partial charge in [-0.05, 0) is 39.8 Å². The van der Waals surface area contributed by atoms with E-state index >= 15 is 0 Å². The van der Waals surface area contributed by atoms with Crippen LogP contribution in [0.5, 0.6) is 0 Å². The molecule has 0 radical (unpaired) electrons. The van der Waals surface area contributed by atoms with Gasteiger partial charge in [-0.15, -0.1) is 0 Å². The van der Waals surface area contributed by atoms with E-state index in [-0.39, 0.29) is 24.5 Å². The van der Waals surface area contributed by atoms with Gasteiger partial charge < -0.3 is 43.4 Å². The molecule has 2 aliphatic carbocycles. The topological polar surface area (TPSA) is 122 Å². The van der Waals surface area contributed by atoms with Gasteiger partial charge in [0.1, 0.15) is 23.4 Å². The Kier molecular flexibility index (Phi) is 14.0. The van der Waals surface area contributed by atoms with Gasteiger partial charge in [-0.1, -0.05) is 108 Å². The lowest BCUT2D eigenvalue weighted by atomic mass is 9.80. The van der Waals surface area contributed by atoms with Crippen LogP contribution in [-0.4, -0.2) is 91.4 Å². The molecular weight excluding hydrogens is 823 g/mol. The zero-order valence-electron chi connectivity index (χ0n) is 29.1. The molecule has 3 aliphatic heterocycles.